The number of amides is 1. The molecule has 2 aliphatic rings. The highest BCUT2D eigenvalue weighted by Crippen LogP contribution is 2.30. The Kier molecular flexibility index (Phi) is 4.71. The number of hydrogen-bond donors (Lipinski definition) is 1. The Balaban J connectivity index is 0.00000133. The summed E-state index contributed by atoms with van der Waals surface area (Å²) in [5.74, 6) is 0.504. The largest absolute Gasteiger partial charge is 0.335 e. The van der Waals surface area contributed by atoms with Gasteiger partial charge in [-0.05, 0) is 30.5 Å². The molecule has 0 unspecified atom stereocenters. The minimum absolute atomic E-state index is 0. The maximum absolute atomic E-state index is 12.3. The summed E-state index contributed by atoms with van der Waals surface area (Å²) in [6.07, 6.45) is 2.30. The van der Waals surface area contributed by atoms with Crippen LogP contribution in [0.3, 0.4) is 0 Å². The van der Waals surface area contributed by atoms with Crippen LogP contribution in [0.1, 0.15) is 18.4 Å². The summed E-state index contributed by atoms with van der Waals surface area (Å²) in [6.45, 7) is 2.39. The fourth-order valence-electron chi connectivity index (χ4n) is 2.26. The van der Waals surface area contributed by atoms with Gasteiger partial charge >= 0.3 is 0 Å². The van der Waals surface area contributed by atoms with Gasteiger partial charge in [0, 0.05) is 30.7 Å². The zero-order chi connectivity index (χ0) is 12.5. The quantitative estimate of drug-likeness (QED) is 0.926. The summed E-state index contributed by atoms with van der Waals surface area (Å²) < 4.78 is 0. The highest BCUT2D eigenvalue weighted by Gasteiger charge is 2.37. The Morgan fingerprint density at radius 3 is 2.37 bits per heavy atom. The summed E-state index contributed by atoms with van der Waals surface area (Å²) in [7, 11) is 0. The maximum atomic E-state index is 12.3. The highest BCUT2D eigenvalue weighted by atomic mass is 35.5. The van der Waals surface area contributed by atoms with Crippen LogP contribution in [0.25, 0.3) is 0 Å². The number of carbonyl (C=O) groups is 1. The van der Waals surface area contributed by atoms with Gasteiger partial charge in [-0.25, -0.2) is 0 Å². The van der Waals surface area contributed by atoms with Gasteiger partial charge in [0.05, 0.1) is 5.92 Å². The maximum Gasteiger partial charge on any atom is 0.228 e. The first-order chi connectivity index (χ1) is 8.74. The van der Waals surface area contributed by atoms with E-state index in [2.05, 4.69) is 10.2 Å². The van der Waals surface area contributed by atoms with Crippen molar-refractivity contribution in [2.45, 2.75) is 25.4 Å². The van der Waals surface area contributed by atoms with Crippen LogP contribution < -0.4 is 5.32 Å². The second-order valence-electron chi connectivity index (χ2n) is 5.18. The van der Waals surface area contributed by atoms with Crippen LogP contribution in [0.4, 0.5) is 0 Å². The van der Waals surface area contributed by atoms with Crippen molar-refractivity contribution in [2.75, 3.05) is 13.1 Å². The molecule has 2 fully saturated rings. The third-order valence-corrected chi connectivity index (χ3v) is 3.92. The number of halogens is 2. The van der Waals surface area contributed by atoms with E-state index >= 15 is 0 Å². The third-order valence-electron chi connectivity index (χ3n) is 3.67. The van der Waals surface area contributed by atoms with Gasteiger partial charge in [0.25, 0.3) is 0 Å². The lowest BCUT2D eigenvalue weighted by Crippen LogP contribution is -2.52. The summed E-state index contributed by atoms with van der Waals surface area (Å²) in [5, 5.41) is 3.90. The number of benzene rings is 1. The first-order valence-electron chi connectivity index (χ1n) is 6.49. The number of hydrogen-bond acceptors (Lipinski definition) is 2. The Labute approximate surface area is 124 Å². The third kappa shape index (κ3) is 3.41. The number of rotatable bonds is 4. The smallest absolute Gasteiger partial charge is 0.228 e. The number of carbonyl (C=O) groups excluding carboxylic acids is 1. The van der Waals surface area contributed by atoms with Crippen molar-refractivity contribution >= 4 is 29.9 Å². The summed E-state index contributed by atoms with van der Waals surface area (Å²) in [6, 6.07) is 8.25. The SMILES string of the molecule is Cl.O=C(C1CNC1)N(Cc1ccc(Cl)cc1)C1CC1. The van der Waals surface area contributed by atoms with Gasteiger partial charge < -0.3 is 10.2 Å². The highest BCUT2D eigenvalue weighted by molar-refractivity contribution is 6.30. The molecule has 1 aliphatic carbocycles. The molecule has 0 radical (unpaired) electrons. The van der Waals surface area contributed by atoms with Crippen molar-refractivity contribution < 1.29 is 4.79 Å². The van der Waals surface area contributed by atoms with Crippen molar-refractivity contribution in [3.05, 3.63) is 34.9 Å². The van der Waals surface area contributed by atoms with E-state index < -0.39 is 0 Å². The summed E-state index contributed by atoms with van der Waals surface area (Å²) in [4.78, 5) is 14.4. The monoisotopic (exact) mass is 300 g/mol. The molecule has 19 heavy (non-hydrogen) atoms. The van der Waals surface area contributed by atoms with Gasteiger partial charge in [0.15, 0.2) is 0 Å². The van der Waals surface area contributed by atoms with Gasteiger partial charge in [-0.1, -0.05) is 23.7 Å². The van der Waals surface area contributed by atoms with E-state index in [9.17, 15) is 4.79 Å². The molecule has 1 amide bonds. The topological polar surface area (TPSA) is 32.3 Å². The molecular formula is C14H18Cl2N2O. The molecule has 1 heterocycles. The molecule has 5 heteroatoms. The molecule has 1 aromatic rings. The lowest BCUT2D eigenvalue weighted by Gasteiger charge is -2.32. The minimum atomic E-state index is 0. The van der Waals surface area contributed by atoms with Gasteiger partial charge in [0.2, 0.25) is 5.91 Å². The molecule has 1 aliphatic heterocycles. The zero-order valence-electron chi connectivity index (χ0n) is 10.6. The fourth-order valence-corrected chi connectivity index (χ4v) is 2.38. The lowest BCUT2D eigenvalue weighted by atomic mass is 10.0. The molecule has 1 saturated carbocycles. The van der Waals surface area contributed by atoms with E-state index in [0.29, 0.717) is 11.9 Å². The van der Waals surface area contributed by atoms with Crippen molar-refractivity contribution in [2.24, 2.45) is 5.92 Å². The Morgan fingerprint density at radius 1 is 1.26 bits per heavy atom. The van der Waals surface area contributed by atoms with Crippen molar-refractivity contribution in [3.63, 3.8) is 0 Å². The normalized spacial score (nSPS) is 18.4. The number of nitrogens with zero attached hydrogens (tertiary/aromatic N) is 1. The van der Waals surface area contributed by atoms with E-state index in [1.165, 1.54) is 0 Å². The van der Waals surface area contributed by atoms with Crippen molar-refractivity contribution in [3.8, 4) is 0 Å². The summed E-state index contributed by atoms with van der Waals surface area (Å²) in [5.41, 5.74) is 1.16. The minimum Gasteiger partial charge on any atom is -0.335 e. The van der Waals surface area contributed by atoms with Crippen LogP contribution in [-0.4, -0.2) is 29.9 Å². The molecule has 3 nitrogen and oxygen atoms in total. The Hall–Kier alpha value is -0.770. The second-order valence-corrected chi connectivity index (χ2v) is 5.62. The zero-order valence-corrected chi connectivity index (χ0v) is 12.2. The molecule has 0 spiro atoms. The van der Waals surface area contributed by atoms with Crippen LogP contribution in [0.2, 0.25) is 5.02 Å². The van der Waals surface area contributed by atoms with Crippen LogP contribution in [0.15, 0.2) is 24.3 Å². The molecule has 3 rings (SSSR count). The average Bonchev–Trinajstić information content (AvgIpc) is 3.09. The fraction of sp³-hybridized carbons (Fsp3) is 0.500. The Bertz CT molecular complexity index is 441. The van der Waals surface area contributed by atoms with Crippen molar-refractivity contribution in [1.29, 1.82) is 0 Å². The molecule has 0 atom stereocenters. The molecule has 1 N–H and O–H groups in total. The molecule has 1 saturated heterocycles. The summed E-state index contributed by atoms with van der Waals surface area (Å²) >= 11 is 5.88. The van der Waals surface area contributed by atoms with Gasteiger partial charge in [-0.2, -0.15) is 0 Å². The van der Waals surface area contributed by atoms with Gasteiger partial charge in [-0.3, -0.25) is 4.79 Å². The second kappa shape index (κ2) is 6.12. The first-order valence-corrected chi connectivity index (χ1v) is 6.87. The van der Waals surface area contributed by atoms with Gasteiger partial charge in [-0.15, -0.1) is 12.4 Å². The van der Waals surface area contributed by atoms with Crippen LogP contribution in [0.5, 0.6) is 0 Å². The average molecular weight is 301 g/mol. The van der Waals surface area contributed by atoms with E-state index in [1.54, 1.807) is 0 Å². The lowest BCUT2D eigenvalue weighted by molar-refractivity contribution is -0.138. The van der Waals surface area contributed by atoms with Crippen molar-refractivity contribution in [1.82, 2.24) is 10.2 Å². The number of nitrogens with one attached hydrogen (secondary N) is 1. The molecule has 0 aromatic heterocycles. The van der Waals surface area contributed by atoms with E-state index in [1.807, 2.05) is 24.3 Å². The predicted molar refractivity (Wildman–Crippen MR) is 78.6 cm³/mol. The molecule has 0 bridgehead atoms. The standard InChI is InChI=1S/C14H17ClN2O.ClH/c15-12-3-1-10(2-4-12)9-17(13-5-6-13)14(18)11-7-16-8-11;/h1-4,11,13,16H,5-9H2;1H. The Morgan fingerprint density at radius 2 is 1.89 bits per heavy atom. The van der Waals surface area contributed by atoms with Crippen LogP contribution >= 0.6 is 24.0 Å². The van der Waals surface area contributed by atoms with Gasteiger partial charge in [0.1, 0.15) is 0 Å². The first kappa shape index (κ1) is 14.6. The van der Waals surface area contributed by atoms with E-state index in [4.69, 9.17) is 11.6 Å². The molecular weight excluding hydrogens is 283 g/mol. The molecule has 1 aromatic carbocycles. The van der Waals surface area contributed by atoms with E-state index in [0.717, 1.165) is 43.1 Å². The van der Waals surface area contributed by atoms with Crippen LogP contribution in [-0.2, 0) is 11.3 Å². The van der Waals surface area contributed by atoms with E-state index in [-0.39, 0.29) is 18.3 Å². The predicted octanol–water partition coefficient (Wildman–Crippen LogP) is 2.47. The van der Waals surface area contributed by atoms with Crippen LogP contribution in [0, 0.1) is 5.92 Å². The molecule has 104 valence electrons.